The molecule has 1 aromatic rings. The van der Waals surface area contributed by atoms with Crippen LogP contribution in [0.25, 0.3) is 0 Å². The first-order valence-corrected chi connectivity index (χ1v) is 3.46. The lowest BCUT2D eigenvalue weighted by molar-refractivity contribution is 0.269. The molecule has 0 aromatic heterocycles. The second-order valence-electron chi connectivity index (χ2n) is 2.37. The first-order valence-electron chi connectivity index (χ1n) is 3.46. The second-order valence-corrected chi connectivity index (χ2v) is 2.37. The van der Waals surface area contributed by atoms with Crippen LogP contribution in [-0.2, 0) is 6.61 Å². The van der Waals surface area contributed by atoms with Crippen molar-refractivity contribution in [3.63, 3.8) is 0 Å². The molecule has 1 aromatic carbocycles. The van der Waals surface area contributed by atoms with Gasteiger partial charge in [-0.3, -0.25) is 0 Å². The van der Waals surface area contributed by atoms with Crippen LogP contribution in [0.5, 0.6) is 11.5 Å². The lowest BCUT2D eigenvalue weighted by atomic mass is 10.2. The van der Waals surface area contributed by atoms with E-state index in [-0.39, 0.29) is 5.56 Å². The Morgan fingerprint density at radius 2 is 2.08 bits per heavy atom. The maximum atomic E-state index is 13.0. The van der Waals surface area contributed by atoms with E-state index in [1.165, 1.54) is 0 Å². The zero-order valence-corrected chi connectivity index (χ0v) is 6.84. The summed E-state index contributed by atoms with van der Waals surface area (Å²) in [5.74, 6) is -3.61. The van der Waals surface area contributed by atoms with E-state index in [4.69, 9.17) is 10.2 Å². The van der Waals surface area contributed by atoms with Gasteiger partial charge in [-0.25, -0.2) is 4.39 Å². The summed E-state index contributed by atoms with van der Waals surface area (Å²) in [7, 11) is 1.08. The smallest absolute Gasteiger partial charge is 0.209 e. The number of hydrogen-bond donors (Lipinski definition) is 2. The fourth-order valence-corrected chi connectivity index (χ4v) is 0.948. The Balaban J connectivity index is 3.37. The van der Waals surface area contributed by atoms with Gasteiger partial charge in [0.25, 0.3) is 0 Å². The van der Waals surface area contributed by atoms with Crippen LogP contribution in [0.1, 0.15) is 5.56 Å². The van der Waals surface area contributed by atoms with Crippen molar-refractivity contribution >= 4 is 0 Å². The molecule has 3 nitrogen and oxygen atoms in total. The van der Waals surface area contributed by atoms with Gasteiger partial charge in [0.15, 0.2) is 17.3 Å². The van der Waals surface area contributed by atoms with E-state index in [0.717, 1.165) is 13.2 Å². The third-order valence-electron chi connectivity index (χ3n) is 1.60. The molecule has 0 spiro atoms. The quantitative estimate of drug-likeness (QED) is 0.735. The highest BCUT2D eigenvalue weighted by atomic mass is 19.1. The van der Waals surface area contributed by atoms with Crippen molar-refractivity contribution in [1.82, 2.24) is 0 Å². The molecule has 1 rings (SSSR count). The van der Waals surface area contributed by atoms with Crippen molar-refractivity contribution in [1.29, 1.82) is 0 Å². The van der Waals surface area contributed by atoms with Crippen LogP contribution in [0.15, 0.2) is 6.07 Å². The minimum absolute atomic E-state index is 0.212. The van der Waals surface area contributed by atoms with Crippen molar-refractivity contribution in [2.24, 2.45) is 0 Å². The van der Waals surface area contributed by atoms with E-state index < -0.39 is 29.7 Å². The largest absolute Gasteiger partial charge is 0.504 e. The standard InChI is InChI=1S/C8H8F2O3/c1-13-8-5(9)2-4(3-11)7(12)6(8)10/h2,11-12H,3H2,1H3. The topological polar surface area (TPSA) is 49.7 Å². The van der Waals surface area contributed by atoms with Gasteiger partial charge in [-0.1, -0.05) is 0 Å². The summed E-state index contributed by atoms with van der Waals surface area (Å²) >= 11 is 0. The third-order valence-corrected chi connectivity index (χ3v) is 1.60. The number of ether oxygens (including phenoxy) is 1. The molecule has 0 aliphatic rings. The van der Waals surface area contributed by atoms with Crippen molar-refractivity contribution < 1.29 is 23.7 Å². The van der Waals surface area contributed by atoms with Crippen LogP contribution < -0.4 is 4.74 Å². The van der Waals surface area contributed by atoms with Crippen LogP contribution in [0.4, 0.5) is 8.78 Å². The van der Waals surface area contributed by atoms with Crippen LogP contribution in [0, 0.1) is 11.6 Å². The van der Waals surface area contributed by atoms with Gasteiger partial charge in [0.1, 0.15) is 0 Å². The van der Waals surface area contributed by atoms with Gasteiger partial charge in [-0.2, -0.15) is 4.39 Å². The molecular weight excluding hydrogens is 182 g/mol. The van der Waals surface area contributed by atoms with Gasteiger partial charge >= 0.3 is 0 Å². The number of aliphatic hydroxyl groups is 1. The molecule has 0 aliphatic carbocycles. The number of rotatable bonds is 2. The maximum Gasteiger partial charge on any atom is 0.209 e. The van der Waals surface area contributed by atoms with Crippen molar-refractivity contribution in [2.45, 2.75) is 6.61 Å². The number of aliphatic hydroxyl groups excluding tert-OH is 1. The molecule has 0 bridgehead atoms. The molecule has 2 N–H and O–H groups in total. The molecule has 5 heteroatoms. The number of methoxy groups -OCH3 is 1. The Kier molecular flexibility index (Phi) is 2.67. The van der Waals surface area contributed by atoms with Gasteiger partial charge in [0, 0.05) is 5.56 Å². The Morgan fingerprint density at radius 3 is 2.54 bits per heavy atom. The zero-order valence-electron chi connectivity index (χ0n) is 6.84. The van der Waals surface area contributed by atoms with Gasteiger partial charge in [-0.05, 0) is 6.07 Å². The molecule has 0 saturated heterocycles. The molecule has 72 valence electrons. The summed E-state index contributed by atoms with van der Waals surface area (Å²) in [6.45, 7) is -0.635. The van der Waals surface area contributed by atoms with Crippen LogP contribution in [0.2, 0.25) is 0 Å². The minimum Gasteiger partial charge on any atom is -0.504 e. The summed E-state index contributed by atoms with van der Waals surface area (Å²) < 4.78 is 30.2. The molecule has 0 atom stereocenters. The lowest BCUT2D eigenvalue weighted by Crippen LogP contribution is -1.97. The maximum absolute atomic E-state index is 13.0. The zero-order chi connectivity index (χ0) is 10.0. The van der Waals surface area contributed by atoms with E-state index in [0.29, 0.717) is 0 Å². The molecule has 0 heterocycles. The number of phenols is 1. The average Bonchev–Trinajstić information content (AvgIpc) is 2.12. The average molecular weight is 190 g/mol. The van der Waals surface area contributed by atoms with E-state index in [1.54, 1.807) is 0 Å². The van der Waals surface area contributed by atoms with Crippen molar-refractivity contribution in [3.05, 3.63) is 23.3 Å². The van der Waals surface area contributed by atoms with Gasteiger partial charge in [-0.15, -0.1) is 0 Å². The van der Waals surface area contributed by atoms with Crippen LogP contribution in [0.3, 0.4) is 0 Å². The molecular formula is C8H8F2O3. The van der Waals surface area contributed by atoms with E-state index in [9.17, 15) is 8.78 Å². The monoisotopic (exact) mass is 190 g/mol. The van der Waals surface area contributed by atoms with Gasteiger partial charge < -0.3 is 14.9 Å². The summed E-state index contributed by atoms with van der Waals surface area (Å²) in [6, 6.07) is 0.817. The molecule has 0 aliphatic heterocycles. The fourth-order valence-electron chi connectivity index (χ4n) is 0.948. The highest BCUT2D eigenvalue weighted by Crippen LogP contribution is 2.31. The van der Waals surface area contributed by atoms with Crippen LogP contribution >= 0.6 is 0 Å². The van der Waals surface area contributed by atoms with E-state index >= 15 is 0 Å². The summed E-state index contributed by atoms with van der Waals surface area (Å²) in [5.41, 5.74) is -0.212. The Morgan fingerprint density at radius 1 is 1.46 bits per heavy atom. The number of aromatic hydroxyl groups is 1. The fraction of sp³-hybridized carbons (Fsp3) is 0.250. The molecule has 0 unspecified atom stereocenters. The third kappa shape index (κ3) is 1.55. The van der Waals surface area contributed by atoms with Gasteiger partial charge in [0.05, 0.1) is 13.7 Å². The van der Waals surface area contributed by atoms with Gasteiger partial charge in [0.2, 0.25) is 5.82 Å². The van der Waals surface area contributed by atoms with Crippen LogP contribution in [-0.4, -0.2) is 17.3 Å². The van der Waals surface area contributed by atoms with E-state index in [1.807, 2.05) is 0 Å². The first kappa shape index (κ1) is 9.73. The van der Waals surface area contributed by atoms with E-state index in [2.05, 4.69) is 4.74 Å². The van der Waals surface area contributed by atoms with Crippen molar-refractivity contribution in [2.75, 3.05) is 7.11 Å². The first-order chi connectivity index (χ1) is 6.11. The predicted octanol–water partition coefficient (Wildman–Crippen LogP) is 1.17. The Hall–Kier alpha value is -1.36. The summed E-state index contributed by atoms with van der Waals surface area (Å²) in [5, 5.41) is 17.6. The summed E-state index contributed by atoms with van der Waals surface area (Å²) in [6.07, 6.45) is 0. The second kappa shape index (κ2) is 3.57. The molecule has 0 saturated carbocycles. The SMILES string of the molecule is COc1c(F)cc(CO)c(O)c1F. The summed E-state index contributed by atoms with van der Waals surface area (Å²) in [4.78, 5) is 0. The molecule has 0 fully saturated rings. The highest BCUT2D eigenvalue weighted by Gasteiger charge is 2.17. The predicted molar refractivity (Wildman–Crippen MR) is 40.5 cm³/mol. The lowest BCUT2D eigenvalue weighted by Gasteiger charge is -2.07. The molecule has 0 radical (unpaired) electrons. The normalized spacial score (nSPS) is 10.2. The Labute approximate surface area is 73.2 Å². The van der Waals surface area contributed by atoms with Crippen molar-refractivity contribution in [3.8, 4) is 11.5 Å². The Bertz CT molecular complexity index is 326. The molecule has 0 amide bonds. The molecule has 13 heavy (non-hydrogen) atoms. The minimum atomic E-state index is -1.20. The number of benzene rings is 1. The number of hydrogen-bond acceptors (Lipinski definition) is 3. The number of halogens is 2. The highest BCUT2D eigenvalue weighted by molar-refractivity contribution is 5.42.